The first-order valence-corrected chi connectivity index (χ1v) is 8.00. The fourth-order valence-electron chi connectivity index (χ4n) is 3.14. The summed E-state index contributed by atoms with van der Waals surface area (Å²) in [4.78, 5) is 4.50. The molecule has 1 aliphatic rings. The van der Waals surface area contributed by atoms with Crippen molar-refractivity contribution in [2.45, 2.75) is 25.4 Å². The van der Waals surface area contributed by atoms with Gasteiger partial charge in [-0.2, -0.15) is 0 Å². The van der Waals surface area contributed by atoms with E-state index in [2.05, 4.69) is 52.8 Å². The molecular formula is C17H17N3S. The molecule has 0 bridgehead atoms. The quantitative estimate of drug-likeness (QED) is 0.746. The van der Waals surface area contributed by atoms with Gasteiger partial charge in [0.1, 0.15) is 0 Å². The first-order chi connectivity index (χ1) is 10.2. The summed E-state index contributed by atoms with van der Waals surface area (Å²) in [5.74, 6) is 0. The molecule has 2 aromatic carbocycles. The van der Waals surface area contributed by atoms with Crippen LogP contribution in [0.2, 0.25) is 0 Å². The van der Waals surface area contributed by atoms with Crippen LogP contribution >= 0.6 is 11.3 Å². The molecule has 4 heteroatoms. The minimum absolute atomic E-state index is 0.132. The molecule has 3 nitrogen and oxygen atoms in total. The molecule has 0 saturated carbocycles. The highest BCUT2D eigenvalue weighted by Gasteiger charge is 2.27. The highest BCUT2D eigenvalue weighted by Crippen LogP contribution is 2.39. The number of hydrogen-bond acceptors (Lipinski definition) is 4. The molecule has 1 heterocycles. The van der Waals surface area contributed by atoms with E-state index in [0.717, 1.165) is 22.6 Å². The first kappa shape index (κ1) is 12.8. The van der Waals surface area contributed by atoms with Crippen LogP contribution in [0.3, 0.4) is 0 Å². The smallest absolute Gasteiger partial charge is 0.0907 e. The van der Waals surface area contributed by atoms with Crippen molar-refractivity contribution in [1.82, 2.24) is 4.98 Å². The fourth-order valence-corrected chi connectivity index (χ4v) is 4.01. The lowest BCUT2D eigenvalue weighted by molar-refractivity contribution is 0.649. The van der Waals surface area contributed by atoms with Gasteiger partial charge >= 0.3 is 0 Å². The summed E-state index contributed by atoms with van der Waals surface area (Å²) in [6.45, 7) is 2.05. The number of fused-ring (bicyclic) bond motifs is 2. The Balaban J connectivity index is 1.66. The predicted molar refractivity (Wildman–Crippen MR) is 88.7 cm³/mol. The summed E-state index contributed by atoms with van der Waals surface area (Å²) >= 11 is 1.73. The van der Waals surface area contributed by atoms with Gasteiger partial charge in [0, 0.05) is 11.7 Å². The minimum Gasteiger partial charge on any atom is -0.378 e. The van der Waals surface area contributed by atoms with E-state index in [4.69, 9.17) is 5.73 Å². The molecule has 0 saturated heterocycles. The average molecular weight is 295 g/mol. The number of aryl methyl sites for hydroxylation is 1. The number of nitrogens with one attached hydrogen (secondary N) is 1. The van der Waals surface area contributed by atoms with E-state index in [1.54, 1.807) is 11.3 Å². The van der Waals surface area contributed by atoms with Crippen LogP contribution in [-0.4, -0.2) is 4.98 Å². The van der Waals surface area contributed by atoms with E-state index in [1.165, 1.54) is 15.8 Å². The first-order valence-electron chi connectivity index (χ1n) is 7.19. The lowest BCUT2D eigenvalue weighted by Crippen LogP contribution is -2.09. The van der Waals surface area contributed by atoms with Crippen molar-refractivity contribution in [3.63, 3.8) is 0 Å². The van der Waals surface area contributed by atoms with Crippen molar-refractivity contribution in [2.75, 3.05) is 5.32 Å². The highest BCUT2D eigenvalue weighted by atomic mass is 32.1. The number of nitrogens with two attached hydrogens (primary N) is 1. The van der Waals surface area contributed by atoms with Crippen LogP contribution in [-0.2, 0) is 0 Å². The molecule has 2 unspecified atom stereocenters. The number of nitrogens with zero attached hydrogens (tertiary/aromatic N) is 1. The van der Waals surface area contributed by atoms with E-state index in [0.29, 0.717) is 6.04 Å². The average Bonchev–Trinajstić information content (AvgIpc) is 2.99. The van der Waals surface area contributed by atoms with Crippen LogP contribution in [0.1, 0.15) is 34.6 Å². The molecule has 3 aromatic rings. The van der Waals surface area contributed by atoms with Gasteiger partial charge in [-0.05, 0) is 42.7 Å². The zero-order valence-corrected chi connectivity index (χ0v) is 12.7. The van der Waals surface area contributed by atoms with Crippen LogP contribution < -0.4 is 11.1 Å². The van der Waals surface area contributed by atoms with E-state index in [1.807, 2.05) is 6.92 Å². The number of anilines is 1. The normalized spacial score (nSPS) is 20.7. The monoisotopic (exact) mass is 295 g/mol. The van der Waals surface area contributed by atoms with Crippen LogP contribution in [0.25, 0.3) is 10.2 Å². The third-order valence-corrected chi connectivity index (χ3v) is 5.03. The van der Waals surface area contributed by atoms with E-state index in [-0.39, 0.29) is 6.04 Å². The van der Waals surface area contributed by atoms with E-state index < -0.39 is 0 Å². The van der Waals surface area contributed by atoms with Gasteiger partial charge in [0.2, 0.25) is 0 Å². The van der Waals surface area contributed by atoms with Crippen LogP contribution in [0.4, 0.5) is 5.69 Å². The summed E-state index contributed by atoms with van der Waals surface area (Å²) in [7, 11) is 0. The number of rotatable bonds is 2. The van der Waals surface area contributed by atoms with Crippen molar-refractivity contribution >= 4 is 27.2 Å². The zero-order valence-electron chi connectivity index (χ0n) is 11.8. The Hall–Kier alpha value is -1.91. The van der Waals surface area contributed by atoms with Crippen LogP contribution in [0, 0.1) is 6.92 Å². The molecule has 1 aromatic heterocycles. The van der Waals surface area contributed by atoms with Crippen molar-refractivity contribution in [2.24, 2.45) is 5.73 Å². The molecule has 0 aliphatic heterocycles. The predicted octanol–water partition coefficient (Wildman–Crippen LogP) is 4.16. The van der Waals surface area contributed by atoms with Crippen molar-refractivity contribution in [1.29, 1.82) is 0 Å². The summed E-state index contributed by atoms with van der Waals surface area (Å²) in [5.41, 5.74) is 11.0. The molecule has 21 heavy (non-hydrogen) atoms. The Bertz CT molecular complexity index is 809. The molecule has 2 atom stereocenters. The molecule has 1 aliphatic carbocycles. The van der Waals surface area contributed by atoms with Gasteiger partial charge < -0.3 is 11.1 Å². The fraction of sp³-hybridized carbons (Fsp3) is 0.235. The van der Waals surface area contributed by atoms with Gasteiger partial charge in [-0.1, -0.05) is 24.3 Å². The molecule has 0 spiro atoms. The maximum absolute atomic E-state index is 6.24. The summed E-state index contributed by atoms with van der Waals surface area (Å²) in [6.07, 6.45) is 0.944. The molecule has 0 radical (unpaired) electrons. The third-order valence-electron chi connectivity index (χ3n) is 4.10. The number of thiazole rings is 1. The van der Waals surface area contributed by atoms with Crippen molar-refractivity contribution in [3.8, 4) is 0 Å². The Morgan fingerprint density at radius 1 is 1.19 bits per heavy atom. The van der Waals surface area contributed by atoms with Crippen LogP contribution in [0.5, 0.6) is 0 Å². The second kappa shape index (κ2) is 4.83. The largest absolute Gasteiger partial charge is 0.378 e. The molecule has 4 rings (SSSR count). The lowest BCUT2D eigenvalue weighted by atomic mass is 10.1. The van der Waals surface area contributed by atoms with Gasteiger partial charge in [-0.25, -0.2) is 4.98 Å². The van der Waals surface area contributed by atoms with Crippen molar-refractivity contribution in [3.05, 3.63) is 58.6 Å². The zero-order chi connectivity index (χ0) is 14.4. The number of aromatic nitrogens is 1. The Labute approximate surface area is 127 Å². The molecule has 0 fully saturated rings. The van der Waals surface area contributed by atoms with Gasteiger partial charge in [-0.15, -0.1) is 11.3 Å². The number of benzene rings is 2. The Morgan fingerprint density at radius 2 is 2.00 bits per heavy atom. The van der Waals surface area contributed by atoms with Crippen molar-refractivity contribution < 1.29 is 0 Å². The molecular weight excluding hydrogens is 278 g/mol. The Morgan fingerprint density at radius 3 is 2.86 bits per heavy atom. The standard InChI is InChI=1S/C17H17N3S/c1-10-19-15-7-6-11(8-17(15)21-10)20-16-9-14(18)12-4-2-3-5-13(12)16/h2-8,14,16,20H,9,18H2,1H3. The SMILES string of the molecule is Cc1nc2ccc(NC3CC(N)c4ccccc43)cc2s1. The molecule has 0 amide bonds. The van der Waals surface area contributed by atoms with Gasteiger partial charge in [0.15, 0.2) is 0 Å². The third kappa shape index (κ3) is 2.20. The summed E-state index contributed by atoms with van der Waals surface area (Å²) < 4.78 is 1.23. The summed E-state index contributed by atoms with van der Waals surface area (Å²) in [6, 6.07) is 15.3. The van der Waals surface area contributed by atoms with Gasteiger partial charge in [0.25, 0.3) is 0 Å². The second-order valence-electron chi connectivity index (χ2n) is 5.58. The lowest BCUT2D eigenvalue weighted by Gasteiger charge is -2.15. The van der Waals surface area contributed by atoms with E-state index >= 15 is 0 Å². The maximum atomic E-state index is 6.24. The van der Waals surface area contributed by atoms with Gasteiger partial charge in [0.05, 0.1) is 21.3 Å². The van der Waals surface area contributed by atoms with E-state index in [9.17, 15) is 0 Å². The molecule has 3 N–H and O–H groups in total. The van der Waals surface area contributed by atoms with Crippen LogP contribution in [0.15, 0.2) is 42.5 Å². The number of hydrogen-bond donors (Lipinski definition) is 2. The Kier molecular flexibility index (Phi) is 2.94. The topological polar surface area (TPSA) is 50.9 Å². The second-order valence-corrected chi connectivity index (χ2v) is 6.82. The van der Waals surface area contributed by atoms with Gasteiger partial charge in [-0.3, -0.25) is 0 Å². The molecule has 106 valence electrons. The summed E-state index contributed by atoms with van der Waals surface area (Å²) in [5, 5.41) is 4.73. The highest BCUT2D eigenvalue weighted by molar-refractivity contribution is 7.18. The maximum Gasteiger partial charge on any atom is 0.0907 e. The minimum atomic E-state index is 0.132.